The predicted octanol–water partition coefficient (Wildman–Crippen LogP) is 2.73. The molecule has 32 heavy (non-hydrogen) atoms. The molecule has 3 amide bonds. The molecule has 172 valence electrons. The number of hydrogen-bond donors (Lipinski definition) is 1. The zero-order valence-corrected chi connectivity index (χ0v) is 19.0. The van der Waals surface area contributed by atoms with Crippen LogP contribution in [0.2, 0.25) is 0 Å². The second kappa shape index (κ2) is 8.44. The topological polar surface area (TPSA) is 103 Å². The Balaban J connectivity index is 1.43. The lowest BCUT2D eigenvalue weighted by Gasteiger charge is -2.24. The Kier molecular flexibility index (Phi) is 5.83. The van der Waals surface area contributed by atoms with Crippen LogP contribution in [0.4, 0.5) is 4.79 Å². The zero-order chi connectivity index (χ0) is 23.0. The van der Waals surface area contributed by atoms with E-state index in [4.69, 9.17) is 9.47 Å². The second-order valence-electron chi connectivity index (χ2n) is 9.58. The molecule has 9 heteroatoms. The first-order chi connectivity index (χ1) is 15.1. The first-order valence-corrected chi connectivity index (χ1v) is 11.0. The molecule has 0 aliphatic carbocycles. The number of rotatable bonds is 4. The lowest BCUT2D eigenvalue weighted by molar-refractivity contribution is -0.134. The smallest absolute Gasteiger partial charge is 0.410 e. The van der Waals surface area contributed by atoms with Crippen molar-refractivity contribution in [2.75, 3.05) is 19.7 Å². The molecule has 0 saturated carbocycles. The van der Waals surface area contributed by atoms with Crippen molar-refractivity contribution in [1.82, 2.24) is 20.0 Å². The Bertz CT molecular complexity index is 1050. The number of imide groups is 1. The zero-order valence-electron chi connectivity index (χ0n) is 19.0. The molecule has 0 radical (unpaired) electrons. The molecule has 2 aliphatic heterocycles. The van der Waals surface area contributed by atoms with Gasteiger partial charge in [0.15, 0.2) is 0 Å². The summed E-state index contributed by atoms with van der Waals surface area (Å²) >= 11 is 0. The summed E-state index contributed by atoms with van der Waals surface area (Å²) in [5.74, 6) is -0.0893. The molecule has 0 bridgehead atoms. The minimum atomic E-state index is -0.509. The molecular weight excluding hydrogens is 412 g/mol. The summed E-state index contributed by atoms with van der Waals surface area (Å²) in [6, 6.07) is 5.72. The lowest BCUT2D eigenvalue weighted by Crippen LogP contribution is -2.39. The average Bonchev–Trinajstić information content (AvgIpc) is 3.30. The summed E-state index contributed by atoms with van der Waals surface area (Å²) < 4.78 is 13.2. The SMILES string of the molecule is Cn1nc(C2CCC(=O)NC2=O)c2cc(OC[C@@H]3CCN(C(=O)OC(C)(C)C)C3)ccc21. The van der Waals surface area contributed by atoms with Gasteiger partial charge in [-0.15, -0.1) is 0 Å². The lowest BCUT2D eigenvalue weighted by atomic mass is 9.93. The van der Waals surface area contributed by atoms with Gasteiger partial charge in [-0.05, 0) is 51.8 Å². The molecule has 1 aromatic carbocycles. The Hall–Kier alpha value is -3.10. The van der Waals surface area contributed by atoms with Crippen LogP contribution in [0.15, 0.2) is 18.2 Å². The van der Waals surface area contributed by atoms with Crippen LogP contribution >= 0.6 is 0 Å². The highest BCUT2D eigenvalue weighted by Gasteiger charge is 2.32. The van der Waals surface area contributed by atoms with Crippen LogP contribution in [0.1, 0.15) is 51.6 Å². The van der Waals surface area contributed by atoms with E-state index in [1.54, 1.807) is 9.58 Å². The molecule has 2 saturated heterocycles. The Labute approximate surface area is 187 Å². The van der Waals surface area contributed by atoms with Gasteiger partial charge in [-0.25, -0.2) is 4.79 Å². The highest BCUT2D eigenvalue weighted by Crippen LogP contribution is 2.32. The molecule has 2 fully saturated rings. The van der Waals surface area contributed by atoms with Gasteiger partial charge in [-0.2, -0.15) is 5.10 Å². The van der Waals surface area contributed by atoms with Gasteiger partial charge in [0.05, 0.1) is 23.7 Å². The summed E-state index contributed by atoms with van der Waals surface area (Å²) in [7, 11) is 1.84. The van der Waals surface area contributed by atoms with Crippen LogP contribution in [-0.4, -0.2) is 57.9 Å². The van der Waals surface area contributed by atoms with Gasteiger partial charge < -0.3 is 14.4 Å². The quantitative estimate of drug-likeness (QED) is 0.731. The highest BCUT2D eigenvalue weighted by molar-refractivity contribution is 6.02. The van der Waals surface area contributed by atoms with Gasteiger partial charge in [-0.3, -0.25) is 19.6 Å². The van der Waals surface area contributed by atoms with Crippen molar-refractivity contribution >= 4 is 28.8 Å². The van der Waals surface area contributed by atoms with E-state index in [2.05, 4.69) is 10.4 Å². The standard InChI is InChI=1S/C23H30N4O5/c1-23(2,3)32-22(30)27-10-9-14(12-27)13-31-15-5-7-18-17(11-15)20(25-26(18)4)16-6-8-19(28)24-21(16)29/h5,7,11,14,16H,6,8-10,12-13H2,1-4H3,(H,24,28,29)/t14-,16?/m1/s1. The van der Waals surface area contributed by atoms with E-state index in [-0.39, 0.29) is 23.8 Å². The Morgan fingerprint density at radius 3 is 2.75 bits per heavy atom. The number of aromatic nitrogens is 2. The number of aryl methyl sites for hydroxylation is 1. The molecule has 0 spiro atoms. The molecule has 1 unspecified atom stereocenters. The third-order valence-electron chi connectivity index (χ3n) is 5.84. The first-order valence-electron chi connectivity index (χ1n) is 11.0. The van der Waals surface area contributed by atoms with Gasteiger partial charge in [0, 0.05) is 37.9 Å². The number of likely N-dealkylation sites (tertiary alicyclic amines) is 1. The van der Waals surface area contributed by atoms with E-state index in [1.807, 2.05) is 46.0 Å². The highest BCUT2D eigenvalue weighted by atomic mass is 16.6. The third-order valence-corrected chi connectivity index (χ3v) is 5.84. The van der Waals surface area contributed by atoms with Crippen molar-refractivity contribution < 1.29 is 23.9 Å². The summed E-state index contributed by atoms with van der Waals surface area (Å²) in [5.41, 5.74) is 1.05. The fraction of sp³-hybridized carbons (Fsp3) is 0.565. The van der Waals surface area contributed by atoms with Gasteiger partial charge in [0.2, 0.25) is 11.8 Å². The summed E-state index contributed by atoms with van der Waals surface area (Å²) in [5, 5.41) is 7.81. The average molecular weight is 443 g/mol. The number of ether oxygens (including phenoxy) is 2. The number of amides is 3. The number of benzene rings is 1. The Morgan fingerprint density at radius 2 is 2.03 bits per heavy atom. The minimum absolute atomic E-state index is 0.224. The number of fused-ring (bicyclic) bond motifs is 1. The van der Waals surface area contributed by atoms with E-state index < -0.39 is 11.5 Å². The number of hydrogen-bond acceptors (Lipinski definition) is 6. The molecule has 4 rings (SSSR count). The molecule has 9 nitrogen and oxygen atoms in total. The molecule has 3 heterocycles. The van der Waals surface area contributed by atoms with Crippen molar-refractivity contribution in [2.45, 2.75) is 51.6 Å². The van der Waals surface area contributed by atoms with Gasteiger partial charge in [0.25, 0.3) is 0 Å². The van der Waals surface area contributed by atoms with E-state index in [0.717, 1.165) is 17.3 Å². The number of nitrogens with zero attached hydrogens (tertiary/aromatic N) is 3. The molecule has 2 aromatic rings. The number of nitrogens with one attached hydrogen (secondary N) is 1. The van der Waals surface area contributed by atoms with Crippen molar-refractivity contribution in [3.63, 3.8) is 0 Å². The van der Waals surface area contributed by atoms with Gasteiger partial charge >= 0.3 is 6.09 Å². The maximum absolute atomic E-state index is 12.4. The van der Waals surface area contributed by atoms with Crippen molar-refractivity contribution in [2.24, 2.45) is 13.0 Å². The van der Waals surface area contributed by atoms with Crippen LogP contribution in [0.5, 0.6) is 5.75 Å². The monoisotopic (exact) mass is 442 g/mol. The third kappa shape index (κ3) is 4.71. The number of piperidine rings is 1. The van der Waals surface area contributed by atoms with Gasteiger partial charge in [-0.1, -0.05) is 0 Å². The predicted molar refractivity (Wildman–Crippen MR) is 117 cm³/mol. The fourth-order valence-electron chi connectivity index (χ4n) is 4.25. The molecule has 2 aliphatic rings. The molecule has 1 aromatic heterocycles. The maximum atomic E-state index is 12.4. The fourth-order valence-corrected chi connectivity index (χ4v) is 4.25. The van der Waals surface area contributed by atoms with Crippen LogP contribution < -0.4 is 10.1 Å². The molecular formula is C23H30N4O5. The van der Waals surface area contributed by atoms with E-state index in [9.17, 15) is 14.4 Å². The molecule has 1 N–H and O–H groups in total. The normalized spacial score (nSPS) is 21.7. The molecule has 2 atom stereocenters. The van der Waals surface area contributed by atoms with Gasteiger partial charge in [0.1, 0.15) is 11.4 Å². The largest absolute Gasteiger partial charge is 0.493 e. The number of carbonyl (C=O) groups excluding carboxylic acids is 3. The summed E-state index contributed by atoms with van der Waals surface area (Å²) in [6.45, 7) is 7.33. The van der Waals surface area contributed by atoms with Crippen LogP contribution in [0, 0.1) is 5.92 Å². The summed E-state index contributed by atoms with van der Waals surface area (Å²) in [6.07, 6.45) is 1.33. The van der Waals surface area contributed by atoms with Crippen LogP contribution in [0.25, 0.3) is 10.9 Å². The van der Waals surface area contributed by atoms with E-state index >= 15 is 0 Å². The van der Waals surface area contributed by atoms with Crippen molar-refractivity contribution in [1.29, 1.82) is 0 Å². The minimum Gasteiger partial charge on any atom is -0.493 e. The van der Waals surface area contributed by atoms with Crippen LogP contribution in [-0.2, 0) is 21.4 Å². The van der Waals surface area contributed by atoms with Crippen molar-refractivity contribution in [3.8, 4) is 5.75 Å². The number of carbonyl (C=O) groups is 3. The summed E-state index contributed by atoms with van der Waals surface area (Å²) in [4.78, 5) is 37.9. The maximum Gasteiger partial charge on any atom is 0.410 e. The van der Waals surface area contributed by atoms with Crippen molar-refractivity contribution in [3.05, 3.63) is 23.9 Å². The van der Waals surface area contributed by atoms with E-state index in [0.29, 0.717) is 44.0 Å². The Morgan fingerprint density at radius 1 is 1.25 bits per heavy atom. The first kappa shape index (κ1) is 22.1. The van der Waals surface area contributed by atoms with E-state index in [1.165, 1.54) is 0 Å². The van der Waals surface area contributed by atoms with Crippen LogP contribution in [0.3, 0.4) is 0 Å². The second-order valence-corrected chi connectivity index (χ2v) is 9.58.